The number of unbranched alkanes of at least 4 members (excludes halogenated alkanes) is 1. The summed E-state index contributed by atoms with van der Waals surface area (Å²) >= 11 is 0. The van der Waals surface area contributed by atoms with Gasteiger partial charge in [0.1, 0.15) is 11.5 Å². The molecular weight excluding hydrogens is 208 g/mol. The van der Waals surface area contributed by atoms with Gasteiger partial charge in [0.2, 0.25) is 0 Å². The van der Waals surface area contributed by atoms with Crippen molar-refractivity contribution in [2.45, 2.75) is 12.8 Å². The fraction of sp³-hybridized carbons (Fsp3) is 0.400. The molecule has 0 radical (unpaired) electrons. The summed E-state index contributed by atoms with van der Waals surface area (Å²) in [4.78, 5) is 24.7. The number of aromatic amines is 1. The zero-order valence-corrected chi connectivity index (χ0v) is 9.04. The maximum Gasteiger partial charge on any atom is 0.329 e. The van der Waals surface area contributed by atoms with Crippen LogP contribution < -0.4 is 22.3 Å². The predicted molar refractivity (Wildman–Crippen MR) is 63.3 cm³/mol. The molecule has 1 aromatic rings. The molecule has 1 rings (SSSR count). The molecular formula is C10H14N4O2. The van der Waals surface area contributed by atoms with Gasteiger partial charge in [0.05, 0.1) is 0 Å². The molecule has 0 aliphatic heterocycles. The Kier molecular flexibility index (Phi) is 3.78. The number of terminal acetylenes is 1. The lowest BCUT2D eigenvalue weighted by atomic mass is 10.3. The van der Waals surface area contributed by atoms with E-state index in [0.29, 0.717) is 13.0 Å². The topological polar surface area (TPSA) is 92.9 Å². The molecule has 0 saturated carbocycles. The SMILES string of the molecule is C#CCCCNc1c(N)n(C)c(=O)[nH]c1=O. The Morgan fingerprint density at radius 1 is 1.56 bits per heavy atom. The second kappa shape index (κ2) is 5.07. The quantitative estimate of drug-likeness (QED) is 0.472. The van der Waals surface area contributed by atoms with E-state index in [1.807, 2.05) is 0 Å². The van der Waals surface area contributed by atoms with E-state index < -0.39 is 11.2 Å². The lowest BCUT2D eigenvalue weighted by Crippen LogP contribution is -2.32. The first-order valence-corrected chi connectivity index (χ1v) is 4.84. The van der Waals surface area contributed by atoms with Gasteiger partial charge < -0.3 is 11.1 Å². The van der Waals surface area contributed by atoms with Crippen LogP contribution in [0.25, 0.3) is 0 Å². The Morgan fingerprint density at radius 2 is 2.25 bits per heavy atom. The second-order valence-corrected chi connectivity index (χ2v) is 3.31. The third kappa shape index (κ3) is 2.45. The largest absolute Gasteiger partial charge is 0.383 e. The van der Waals surface area contributed by atoms with Crippen molar-refractivity contribution in [1.82, 2.24) is 9.55 Å². The Labute approximate surface area is 92.5 Å². The first-order valence-electron chi connectivity index (χ1n) is 4.84. The molecule has 0 fully saturated rings. The van der Waals surface area contributed by atoms with Crippen LogP contribution in [-0.4, -0.2) is 16.1 Å². The van der Waals surface area contributed by atoms with Gasteiger partial charge in [0, 0.05) is 20.0 Å². The molecule has 0 amide bonds. The molecule has 0 atom stereocenters. The number of rotatable bonds is 4. The van der Waals surface area contributed by atoms with Crippen LogP contribution in [0.2, 0.25) is 0 Å². The van der Waals surface area contributed by atoms with Gasteiger partial charge in [-0.15, -0.1) is 12.3 Å². The second-order valence-electron chi connectivity index (χ2n) is 3.31. The lowest BCUT2D eigenvalue weighted by molar-refractivity contribution is 0.809. The third-order valence-electron chi connectivity index (χ3n) is 2.17. The standard InChI is InChI=1S/C10H14N4O2/c1-3-4-5-6-12-7-8(11)14(2)10(16)13-9(7)15/h1,12H,4-6,11H2,2H3,(H,13,15,16). The van der Waals surface area contributed by atoms with Gasteiger partial charge in [-0.05, 0) is 6.42 Å². The van der Waals surface area contributed by atoms with Gasteiger partial charge in [0.25, 0.3) is 5.56 Å². The molecule has 0 spiro atoms. The fourth-order valence-corrected chi connectivity index (χ4v) is 1.21. The number of hydrogen-bond acceptors (Lipinski definition) is 4. The van der Waals surface area contributed by atoms with Crippen molar-refractivity contribution in [3.05, 3.63) is 20.8 Å². The first kappa shape index (κ1) is 11.9. The van der Waals surface area contributed by atoms with E-state index in [-0.39, 0.29) is 11.5 Å². The molecule has 16 heavy (non-hydrogen) atoms. The molecule has 0 aliphatic carbocycles. The van der Waals surface area contributed by atoms with Gasteiger partial charge in [-0.1, -0.05) is 0 Å². The van der Waals surface area contributed by atoms with E-state index in [4.69, 9.17) is 12.2 Å². The van der Waals surface area contributed by atoms with Crippen LogP contribution >= 0.6 is 0 Å². The highest BCUT2D eigenvalue weighted by molar-refractivity contribution is 5.60. The summed E-state index contributed by atoms with van der Waals surface area (Å²) in [6.45, 7) is 0.537. The van der Waals surface area contributed by atoms with Crippen LogP contribution in [0.3, 0.4) is 0 Å². The Bertz CT molecular complexity index is 521. The van der Waals surface area contributed by atoms with Crippen LogP contribution in [0.15, 0.2) is 9.59 Å². The third-order valence-corrected chi connectivity index (χ3v) is 2.17. The lowest BCUT2D eigenvalue weighted by Gasteiger charge is -2.09. The van der Waals surface area contributed by atoms with Crippen molar-refractivity contribution in [2.75, 3.05) is 17.6 Å². The van der Waals surface area contributed by atoms with Crippen molar-refractivity contribution < 1.29 is 0 Å². The molecule has 0 unspecified atom stereocenters. The van der Waals surface area contributed by atoms with Crippen LogP contribution in [0.1, 0.15) is 12.8 Å². The number of nitrogens with two attached hydrogens (primary N) is 1. The van der Waals surface area contributed by atoms with E-state index in [2.05, 4.69) is 16.2 Å². The summed E-state index contributed by atoms with van der Waals surface area (Å²) in [6, 6.07) is 0. The Morgan fingerprint density at radius 3 is 2.88 bits per heavy atom. The summed E-state index contributed by atoms with van der Waals surface area (Å²) < 4.78 is 1.17. The number of hydrogen-bond donors (Lipinski definition) is 3. The van der Waals surface area contributed by atoms with Gasteiger partial charge in [0.15, 0.2) is 0 Å². The van der Waals surface area contributed by atoms with Gasteiger partial charge in [-0.25, -0.2) is 4.79 Å². The summed E-state index contributed by atoms with van der Waals surface area (Å²) in [5, 5.41) is 2.86. The highest BCUT2D eigenvalue weighted by Crippen LogP contribution is 2.08. The minimum atomic E-state index is -0.531. The van der Waals surface area contributed by atoms with Crippen molar-refractivity contribution >= 4 is 11.5 Å². The molecule has 0 aliphatic rings. The number of H-pyrrole nitrogens is 1. The average Bonchev–Trinajstić information content (AvgIpc) is 2.25. The van der Waals surface area contributed by atoms with Crippen molar-refractivity contribution in [3.63, 3.8) is 0 Å². The minimum absolute atomic E-state index is 0.120. The number of nitrogens with one attached hydrogen (secondary N) is 2. The maximum atomic E-state index is 11.4. The van der Waals surface area contributed by atoms with E-state index in [1.165, 1.54) is 11.6 Å². The molecule has 6 nitrogen and oxygen atoms in total. The summed E-state index contributed by atoms with van der Waals surface area (Å²) in [5.74, 6) is 2.61. The molecule has 0 bridgehead atoms. The normalized spacial score (nSPS) is 9.75. The smallest absolute Gasteiger partial charge is 0.329 e. The van der Waals surface area contributed by atoms with Crippen molar-refractivity contribution in [2.24, 2.45) is 7.05 Å². The van der Waals surface area contributed by atoms with E-state index in [9.17, 15) is 9.59 Å². The molecule has 4 N–H and O–H groups in total. The number of aromatic nitrogens is 2. The van der Waals surface area contributed by atoms with Crippen molar-refractivity contribution in [1.29, 1.82) is 0 Å². The zero-order valence-electron chi connectivity index (χ0n) is 9.04. The molecule has 86 valence electrons. The molecule has 0 saturated heterocycles. The minimum Gasteiger partial charge on any atom is -0.383 e. The molecule has 6 heteroatoms. The zero-order chi connectivity index (χ0) is 12.1. The summed E-state index contributed by atoms with van der Waals surface area (Å²) in [6.07, 6.45) is 6.45. The predicted octanol–water partition coefficient (Wildman–Crippen LogP) is -0.519. The Balaban J connectivity index is 2.89. The summed E-state index contributed by atoms with van der Waals surface area (Å²) in [7, 11) is 1.49. The highest BCUT2D eigenvalue weighted by atomic mass is 16.2. The number of nitrogen functional groups attached to an aromatic ring is 1. The molecule has 1 heterocycles. The monoisotopic (exact) mass is 222 g/mol. The van der Waals surface area contributed by atoms with Crippen LogP contribution in [0.5, 0.6) is 0 Å². The van der Waals surface area contributed by atoms with Crippen LogP contribution in [0.4, 0.5) is 11.5 Å². The fourth-order valence-electron chi connectivity index (χ4n) is 1.21. The van der Waals surface area contributed by atoms with Crippen molar-refractivity contribution in [3.8, 4) is 12.3 Å². The van der Waals surface area contributed by atoms with Gasteiger partial charge in [-0.2, -0.15) is 0 Å². The van der Waals surface area contributed by atoms with E-state index >= 15 is 0 Å². The average molecular weight is 222 g/mol. The highest BCUT2D eigenvalue weighted by Gasteiger charge is 2.08. The number of anilines is 2. The van der Waals surface area contributed by atoms with E-state index in [1.54, 1.807) is 0 Å². The molecule has 1 aromatic heterocycles. The van der Waals surface area contributed by atoms with Gasteiger partial charge >= 0.3 is 5.69 Å². The van der Waals surface area contributed by atoms with Gasteiger partial charge in [-0.3, -0.25) is 14.3 Å². The van der Waals surface area contributed by atoms with E-state index in [0.717, 1.165) is 6.42 Å². The van der Waals surface area contributed by atoms with Crippen LogP contribution in [-0.2, 0) is 7.05 Å². The Hall–Kier alpha value is -2.16. The summed E-state index contributed by atoms with van der Waals surface area (Å²) in [5.41, 5.74) is 4.80. The molecule has 0 aromatic carbocycles. The first-order chi connectivity index (χ1) is 7.57. The number of nitrogens with zero attached hydrogens (tertiary/aromatic N) is 1. The van der Waals surface area contributed by atoms with Crippen LogP contribution in [0, 0.1) is 12.3 Å². The maximum absolute atomic E-state index is 11.4.